The zero-order valence-corrected chi connectivity index (χ0v) is 14.9. The number of hydrogen-bond donors (Lipinski definition) is 2. The third-order valence-electron chi connectivity index (χ3n) is 4.27. The highest BCUT2D eigenvalue weighted by Gasteiger charge is 2.17. The van der Waals surface area contributed by atoms with Gasteiger partial charge in [-0.15, -0.1) is 0 Å². The number of furan rings is 1. The second kappa shape index (κ2) is 7.61. The molecule has 25 heavy (non-hydrogen) atoms. The van der Waals surface area contributed by atoms with Crippen molar-refractivity contribution >= 4 is 17.4 Å². The van der Waals surface area contributed by atoms with E-state index in [0.717, 1.165) is 42.6 Å². The minimum absolute atomic E-state index is 0.192. The highest BCUT2D eigenvalue weighted by Crippen LogP contribution is 2.21. The lowest BCUT2D eigenvalue weighted by Crippen LogP contribution is -2.41. The number of rotatable bonds is 4. The number of ether oxygens (including phenoxy) is 1. The molecule has 6 nitrogen and oxygen atoms in total. The maximum absolute atomic E-state index is 12.1. The first kappa shape index (κ1) is 17.4. The van der Waals surface area contributed by atoms with Gasteiger partial charge in [-0.05, 0) is 57.2 Å². The molecule has 0 unspecified atom stereocenters. The predicted octanol–water partition coefficient (Wildman–Crippen LogP) is 3.70. The fraction of sp³-hybridized carbons (Fsp3) is 0.421. The number of aryl methyl sites for hydroxylation is 1. The first-order valence-corrected chi connectivity index (χ1v) is 8.62. The Morgan fingerprint density at radius 1 is 1.24 bits per heavy atom. The van der Waals surface area contributed by atoms with E-state index >= 15 is 0 Å². The second-order valence-electron chi connectivity index (χ2n) is 6.44. The topological polar surface area (TPSA) is 66.7 Å². The zero-order chi connectivity index (χ0) is 17.8. The molecule has 1 saturated heterocycles. The zero-order valence-electron chi connectivity index (χ0n) is 14.9. The molecule has 1 aromatic carbocycles. The van der Waals surface area contributed by atoms with Gasteiger partial charge in [0.2, 0.25) is 0 Å². The van der Waals surface area contributed by atoms with E-state index in [4.69, 9.17) is 9.15 Å². The summed E-state index contributed by atoms with van der Waals surface area (Å²) in [6.45, 7) is 8.36. The fourth-order valence-corrected chi connectivity index (χ4v) is 2.93. The largest absolute Gasteiger partial charge is 0.464 e. The number of benzene rings is 1. The summed E-state index contributed by atoms with van der Waals surface area (Å²) in [5, 5.41) is 5.72. The van der Waals surface area contributed by atoms with Crippen molar-refractivity contribution < 1.29 is 13.9 Å². The van der Waals surface area contributed by atoms with E-state index in [-0.39, 0.29) is 18.2 Å². The van der Waals surface area contributed by atoms with Gasteiger partial charge in [-0.1, -0.05) is 0 Å². The minimum Gasteiger partial charge on any atom is -0.464 e. The fourth-order valence-electron chi connectivity index (χ4n) is 2.93. The lowest BCUT2D eigenvalue weighted by Gasteiger charge is -2.33. The van der Waals surface area contributed by atoms with Crippen LogP contribution in [0, 0.1) is 6.92 Å². The lowest BCUT2D eigenvalue weighted by atomic mass is 10.2. The molecule has 2 aromatic rings. The van der Waals surface area contributed by atoms with Gasteiger partial charge in [0.1, 0.15) is 11.5 Å². The summed E-state index contributed by atoms with van der Waals surface area (Å²) < 4.78 is 11.1. The number of nitrogens with zero attached hydrogens (tertiary/aromatic N) is 1. The Bertz CT molecular complexity index is 711. The van der Waals surface area contributed by atoms with Crippen molar-refractivity contribution in [1.29, 1.82) is 0 Å². The molecule has 2 heterocycles. The van der Waals surface area contributed by atoms with Crippen LogP contribution in [0.15, 0.2) is 40.8 Å². The third kappa shape index (κ3) is 4.54. The van der Waals surface area contributed by atoms with E-state index < -0.39 is 0 Å². The summed E-state index contributed by atoms with van der Waals surface area (Å²) in [6.07, 6.45) is 0.240. The highest BCUT2D eigenvalue weighted by atomic mass is 16.5. The normalized spacial score (nSPS) is 18.7. The molecule has 1 aliphatic heterocycles. The van der Waals surface area contributed by atoms with E-state index in [1.165, 1.54) is 0 Å². The molecule has 0 aliphatic carbocycles. The maximum Gasteiger partial charge on any atom is 0.319 e. The summed E-state index contributed by atoms with van der Waals surface area (Å²) >= 11 is 0. The summed E-state index contributed by atoms with van der Waals surface area (Å²) in [7, 11) is 0. The van der Waals surface area contributed by atoms with Gasteiger partial charge in [0, 0.05) is 24.5 Å². The van der Waals surface area contributed by atoms with Gasteiger partial charge >= 0.3 is 6.03 Å². The second-order valence-corrected chi connectivity index (χ2v) is 6.44. The van der Waals surface area contributed by atoms with Gasteiger partial charge in [-0.2, -0.15) is 0 Å². The molecule has 3 rings (SSSR count). The monoisotopic (exact) mass is 343 g/mol. The van der Waals surface area contributed by atoms with Gasteiger partial charge in [0.15, 0.2) is 0 Å². The molecule has 0 saturated carbocycles. The Hall–Kier alpha value is -2.47. The Labute approximate surface area is 148 Å². The van der Waals surface area contributed by atoms with E-state index in [9.17, 15) is 4.79 Å². The van der Waals surface area contributed by atoms with Crippen LogP contribution in [0.3, 0.4) is 0 Å². The smallest absolute Gasteiger partial charge is 0.319 e. The summed E-state index contributed by atoms with van der Waals surface area (Å²) in [5.41, 5.74) is 1.89. The van der Waals surface area contributed by atoms with Crippen LogP contribution in [0.1, 0.15) is 31.4 Å². The molecule has 2 atom stereocenters. The van der Waals surface area contributed by atoms with E-state index in [1.807, 2.05) is 50.2 Å². The summed E-state index contributed by atoms with van der Waals surface area (Å²) in [5.74, 6) is 1.57. The molecule has 2 N–H and O–H groups in total. The Morgan fingerprint density at radius 2 is 2.00 bits per heavy atom. The van der Waals surface area contributed by atoms with Crippen molar-refractivity contribution in [2.75, 3.05) is 29.9 Å². The Kier molecular flexibility index (Phi) is 5.28. The van der Waals surface area contributed by atoms with Crippen LogP contribution in [-0.4, -0.2) is 31.8 Å². The lowest BCUT2D eigenvalue weighted by molar-refractivity contribution is 0.0532. The van der Waals surface area contributed by atoms with Gasteiger partial charge in [-0.25, -0.2) is 4.79 Å². The quantitative estimate of drug-likeness (QED) is 0.888. The minimum atomic E-state index is -0.255. The molecular weight excluding hydrogens is 318 g/mol. The van der Waals surface area contributed by atoms with Crippen LogP contribution in [-0.2, 0) is 4.74 Å². The predicted molar refractivity (Wildman–Crippen MR) is 98.1 cm³/mol. The van der Waals surface area contributed by atoms with Gasteiger partial charge in [0.05, 0.1) is 18.8 Å². The van der Waals surface area contributed by atoms with Gasteiger partial charge < -0.3 is 24.7 Å². The number of amides is 2. The highest BCUT2D eigenvalue weighted by molar-refractivity contribution is 5.89. The molecular formula is C19H25N3O3. The van der Waals surface area contributed by atoms with Crippen LogP contribution in [0.4, 0.5) is 16.2 Å². The molecule has 0 bridgehead atoms. The van der Waals surface area contributed by atoms with E-state index in [2.05, 4.69) is 22.5 Å². The number of carbonyl (C=O) groups excluding carboxylic acids is 1. The number of morpholine rings is 1. The molecule has 1 fully saturated rings. The van der Waals surface area contributed by atoms with E-state index in [1.54, 1.807) is 0 Å². The number of carbonyl (C=O) groups is 1. The maximum atomic E-state index is 12.1. The number of nitrogens with one attached hydrogen (secondary N) is 2. The first-order chi connectivity index (χ1) is 12.0. The SMILES string of the molecule is Cc1ccc([C@@H](C)NC(=O)Nc2ccc(N3CCO[C@H](C)C3)cc2)o1. The molecule has 2 amide bonds. The van der Waals surface area contributed by atoms with Crippen molar-refractivity contribution in [3.05, 3.63) is 47.9 Å². The van der Waals surface area contributed by atoms with Crippen LogP contribution in [0.2, 0.25) is 0 Å². The van der Waals surface area contributed by atoms with Crippen molar-refractivity contribution in [2.24, 2.45) is 0 Å². The average molecular weight is 343 g/mol. The summed E-state index contributed by atoms with van der Waals surface area (Å²) in [6, 6.07) is 11.2. The van der Waals surface area contributed by atoms with Gasteiger partial charge in [-0.3, -0.25) is 0 Å². The van der Waals surface area contributed by atoms with Gasteiger partial charge in [0.25, 0.3) is 0 Å². The third-order valence-corrected chi connectivity index (χ3v) is 4.27. The number of hydrogen-bond acceptors (Lipinski definition) is 4. The van der Waals surface area contributed by atoms with Crippen LogP contribution >= 0.6 is 0 Å². The molecule has 134 valence electrons. The van der Waals surface area contributed by atoms with Crippen LogP contribution in [0.5, 0.6) is 0 Å². The summed E-state index contributed by atoms with van der Waals surface area (Å²) in [4.78, 5) is 14.4. The van der Waals surface area contributed by atoms with Crippen LogP contribution in [0.25, 0.3) is 0 Å². The van der Waals surface area contributed by atoms with Crippen molar-refractivity contribution in [1.82, 2.24) is 5.32 Å². The molecule has 6 heteroatoms. The molecule has 0 radical (unpaired) electrons. The number of urea groups is 1. The van der Waals surface area contributed by atoms with Crippen LogP contribution < -0.4 is 15.5 Å². The van der Waals surface area contributed by atoms with Crippen molar-refractivity contribution in [3.63, 3.8) is 0 Å². The molecule has 1 aromatic heterocycles. The standard InChI is InChI=1S/C19H25N3O3/c1-13-4-9-18(25-13)15(3)20-19(23)21-16-5-7-17(8-6-16)22-10-11-24-14(2)12-22/h4-9,14-15H,10-12H2,1-3H3,(H2,20,21,23)/t14-,15-/m1/s1. The van der Waals surface area contributed by atoms with E-state index in [0.29, 0.717) is 0 Å². The Morgan fingerprint density at radius 3 is 2.64 bits per heavy atom. The van der Waals surface area contributed by atoms with Crippen molar-refractivity contribution in [2.45, 2.75) is 32.9 Å². The number of anilines is 2. The average Bonchev–Trinajstić information content (AvgIpc) is 3.02. The Balaban J connectivity index is 1.54. The first-order valence-electron chi connectivity index (χ1n) is 8.62. The molecule has 1 aliphatic rings. The van der Waals surface area contributed by atoms with Crippen molar-refractivity contribution in [3.8, 4) is 0 Å². The molecule has 0 spiro atoms.